The second kappa shape index (κ2) is 6.38. The first-order valence-corrected chi connectivity index (χ1v) is 7.93. The number of hydrogen-bond donors (Lipinski definition) is 1. The summed E-state index contributed by atoms with van der Waals surface area (Å²) in [6.45, 7) is 1.40. The summed E-state index contributed by atoms with van der Waals surface area (Å²) in [4.78, 5) is 25.5. The largest absolute Gasteiger partial charge is 0.493 e. The first kappa shape index (κ1) is 14.9. The van der Waals surface area contributed by atoms with Gasteiger partial charge in [-0.05, 0) is 49.4 Å². The summed E-state index contributed by atoms with van der Waals surface area (Å²) in [7, 11) is 0. The molecule has 0 radical (unpaired) electrons. The molecular weight excluding hydrogens is 282 g/mol. The Kier molecular flexibility index (Phi) is 4.32. The Bertz CT molecular complexity index is 584. The molecule has 118 valence electrons. The van der Waals surface area contributed by atoms with Crippen molar-refractivity contribution < 1.29 is 19.4 Å². The number of aliphatic carboxylic acids is 1. The van der Waals surface area contributed by atoms with Gasteiger partial charge in [0, 0.05) is 31.0 Å². The molecule has 1 saturated heterocycles. The molecule has 0 bridgehead atoms. The third-order valence-corrected chi connectivity index (χ3v) is 4.52. The number of nitrogens with zero attached hydrogens (tertiary/aromatic N) is 1. The zero-order valence-corrected chi connectivity index (χ0v) is 12.6. The third-order valence-electron chi connectivity index (χ3n) is 4.52. The van der Waals surface area contributed by atoms with E-state index in [1.807, 2.05) is 23.1 Å². The van der Waals surface area contributed by atoms with Crippen molar-refractivity contribution >= 4 is 11.9 Å². The lowest BCUT2D eigenvalue weighted by Gasteiger charge is -2.35. The lowest BCUT2D eigenvalue weighted by atomic mass is 9.96. The lowest BCUT2D eigenvalue weighted by molar-refractivity contribution is -0.137. The first-order chi connectivity index (χ1) is 10.6. The van der Waals surface area contributed by atoms with Gasteiger partial charge in [-0.3, -0.25) is 9.59 Å². The molecule has 0 spiro atoms. The molecule has 1 unspecified atom stereocenters. The second-order valence-corrected chi connectivity index (χ2v) is 6.00. The maximum atomic E-state index is 12.8. The third kappa shape index (κ3) is 3.08. The van der Waals surface area contributed by atoms with Crippen molar-refractivity contribution in [1.82, 2.24) is 4.90 Å². The molecule has 5 nitrogen and oxygen atoms in total. The molecule has 0 aliphatic carbocycles. The summed E-state index contributed by atoms with van der Waals surface area (Å²) >= 11 is 0. The number of carboxylic acids is 1. The Morgan fingerprint density at radius 1 is 1.32 bits per heavy atom. The summed E-state index contributed by atoms with van der Waals surface area (Å²) in [6, 6.07) is 5.65. The van der Waals surface area contributed by atoms with E-state index in [2.05, 4.69) is 0 Å². The summed E-state index contributed by atoms with van der Waals surface area (Å²) in [6.07, 6.45) is 4.45. The van der Waals surface area contributed by atoms with Gasteiger partial charge in [-0.25, -0.2) is 0 Å². The van der Waals surface area contributed by atoms with Crippen molar-refractivity contribution in [2.45, 2.75) is 44.6 Å². The van der Waals surface area contributed by atoms with Gasteiger partial charge in [-0.15, -0.1) is 0 Å². The number of piperidine rings is 1. The van der Waals surface area contributed by atoms with Gasteiger partial charge in [0.15, 0.2) is 0 Å². The normalized spacial score (nSPS) is 20.4. The van der Waals surface area contributed by atoms with Crippen LogP contribution in [0.25, 0.3) is 0 Å². The van der Waals surface area contributed by atoms with Crippen LogP contribution < -0.4 is 4.74 Å². The first-order valence-electron chi connectivity index (χ1n) is 7.93. The highest BCUT2D eigenvalue weighted by atomic mass is 16.5. The van der Waals surface area contributed by atoms with Gasteiger partial charge in [0.25, 0.3) is 5.91 Å². The standard InChI is InChI=1S/C17H21NO4/c19-16(20)7-5-14-3-1-2-9-18(14)17(21)13-4-6-15-12(11-13)8-10-22-15/h4,6,11,14H,1-3,5,7-10H2,(H,19,20). The number of ether oxygens (including phenoxy) is 1. The minimum absolute atomic E-state index is 0.0183. The molecule has 2 heterocycles. The van der Waals surface area contributed by atoms with E-state index in [0.717, 1.165) is 43.5 Å². The highest BCUT2D eigenvalue weighted by Crippen LogP contribution is 2.28. The molecule has 1 atom stereocenters. The van der Waals surface area contributed by atoms with Crippen LogP contribution in [0.1, 0.15) is 48.0 Å². The number of likely N-dealkylation sites (tertiary alicyclic amines) is 1. The molecule has 3 rings (SSSR count). The van der Waals surface area contributed by atoms with E-state index in [1.54, 1.807) is 0 Å². The maximum Gasteiger partial charge on any atom is 0.303 e. The van der Waals surface area contributed by atoms with Crippen LogP contribution in [0.3, 0.4) is 0 Å². The number of carbonyl (C=O) groups excluding carboxylic acids is 1. The number of benzene rings is 1. The van der Waals surface area contributed by atoms with Gasteiger partial charge in [0.05, 0.1) is 6.61 Å². The van der Waals surface area contributed by atoms with E-state index in [0.29, 0.717) is 18.6 Å². The van der Waals surface area contributed by atoms with Crippen LogP contribution in [0.15, 0.2) is 18.2 Å². The van der Waals surface area contributed by atoms with E-state index in [-0.39, 0.29) is 18.4 Å². The Labute approximate surface area is 129 Å². The molecule has 0 aromatic heterocycles. The van der Waals surface area contributed by atoms with E-state index in [4.69, 9.17) is 9.84 Å². The van der Waals surface area contributed by atoms with Crippen LogP contribution >= 0.6 is 0 Å². The maximum absolute atomic E-state index is 12.8. The Morgan fingerprint density at radius 3 is 3.00 bits per heavy atom. The summed E-state index contributed by atoms with van der Waals surface area (Å²) in [5.41, 5.74) is 1.77. The predicted octanol–water partition coefficient (Wildman–Crippen LogP) is 2.48. The highest BCUT2D eigenvalue weighted by Gasteiger charge is 2.28. The fraction of sp³-hybridized carbons (Fsp3) is 0.529. The summed E-state index contributed by atoms with van der Waals surface area (Å²) in [5, 5.41) is 8.87. The van der Waals surface area contributed by atoms with Gasteiger partial charge in [-0.2, -0.15) is 0 Å². The number of amides is 1. The van der Waals surface area contributed by atoms with Gasteiger partial charge in [-0.1, -0.05) is 0 Å². The van der Waals surface area contributed by atoms with Crippen LogP contribution in [-0.4, -0.2) is 41.1 Å². The van der Waals surface area contributed by atoms with E-state index < -0.39 is 5.97 Å². The van der Waals surface area contributed by atoms with Crippen molar-refractivity contribution in [3.63, 3.8) is 0 Å². The molecule has 0 saturated carbocycles. The van der Waals surface area contributed by atoms with Crippen molar-refractivity contribution in [1.29, 1.82) is 0 Å². The number of rotatable bonds is 4. The second-order valence-electron chi connectivity index (χ2n) is 6.00. The molecule has 2 aliphatic rings. The van der Waals surface area contributed by atoms with Gasteiger partial charge in [0.2, 0.25) is 0 Å². The topological polar surface area (TPSA) is 66.8 Å². The molecular formula is C17H21NO4. The predicted molar refractivity (Wildman–Crippen MR) is 81.2 cm³/mol. The van der Waals surface area contributed by atoms with Gasteiger partial charge in [0.1, 0.15) is 5.75 Å². The summed E-state index contributed by atoms with van der Waals surface area (Å²) < 4.78 is 5.47. The number of carboxylic acid groups (broad SMARTS) is 1. The number of carbonyl (C=O) groups is 2. The van der Waals surface area contributed by atoms with Gasteiger partial charge >= 0.3 is 5.97 Å². The monoisotopic (exact) mass is 303 g/mol. The van der Waals surface area contributed by atoms with Crippen molar-refractivity contribution in [3.8, 4) is 5.75 Å². The zero-order chi connectivity index (χ0) is 15.5. The zero-order valence-electron chi connectivity index (χ0n) is 12.6. The Hall–Kier alpha value is -2.04. The molecule has 5 heteroatoms. The Morgan fingerprint density at radius 2 is 2.18 bits per heavy atom. The quantitative estimate of drug-likeness (QED) is 0.928. The Balaban J connectivity index is 1.75. The van der Waals surface area contributed by atoms with Crippen LogP contribution in [0.4, 0.5) is 0 Å². The van der Waals surface area contributed by atoms with Crippen LogP contribution in [0, 0.1) is 0 Å². The molecule has 1 aromatic rings. The minimum atomic E-state index is -0.798. The van der Waals surface area contributed by atoms with Crippen LogP contribution in [-0.2, 0) is 11.2 Å². The smallest absolute Gasteiger partial charge is 0.303 e. The average Bonchev–Trinajstić information content (AvgIpc) is 3.00. The molecule has 1 N–H and O–H groups in total. The molecule has 2 aliphatic heterocycles. The van der Waals surface area contributed by atoms with E-state index >= 15 is 0 Å². The fourth-order valence-electron chi connectivity index (χ4n) is 3.34. The lowest BCUT2D eigenvalue weighted by Crippen LogP contribution is -2.44. The highest BCUT2D eigenvalue weighted by molar-refractivity contribution is 5.95. The van der Waals surface area contributed by atoms with E-state index in [1.165, 1.54) is 0 Å². The van der Waals surface area contributed by atoms with Gasteiger partial charge < -0.3 is 14.7 Å². The van der Waals surface area contributed by atoms with Crippen LogP contribution in [0.2, 0.25) is 0 Å². The number of fused-ring (bicyclic) bond motifs is 1. The minimum Gasteiger partial charge on any atom is -0.493 e. The SMILES string of the molecule is O=C(O)CCC1CCCCN1C(=O)c1ccc2c(c1)CCO2. The fourth-order valence-corrected chi connectivity index (χ4v) is 3.34. The molecule has 22 heavy (non-hydrogen) atoms. The van der Waals surface area contributed by atoms with Crippen LogP contribution in [0.5, 0.6) is 5.75 Å². The van der Waals surface area contributed by atoms with Crippen molar-refractivity contribution in [2.24, 2.45) is 0 Å². The van der Waals surface area contributed by atoms with Crippen molar-refractivity contribution in [3.05, 3.63) is 29.3 Å². The van der Waals surface area contributed by atoms with Crippen molar-refractivity contribution in [2.75, 3.05) is 13.2 Å². The molecule has 1 fully saturated rings. The molecule has 1 amide bonds. The average molecular weight is 303 g/mol. The van der Waals surface area contributed by atoms with E-state index in [9.17, 15) is 9.59 Å². The number of hydrogen-bond acceptors (Lipinski definition) is 3. The summed E-state index contributed by atoms with van der Waals surface area (Å²) in [5.74, 6) is 0.0927. The molecule has 1 aromatic carbocycles.